The molecule has 21 heavy (non-hydrogen) atoms. The predicted molar refractivity (Wildman–Crippen MR) is 75.4 cm³/mol. The highest BCUT2D eigenvalue weighted by Gasteiger charge is 2.45. The van der Waals surface area contributed by atoms with Crippen LogP contribution in [-0.4, -0.2) is 61.6 Å². The molecule has 7 nitrogen and oxygen atoms in total. The molecule has 0 aromatic rings. The van der Waals surface area contributed by atoms with Crippen LogP contribution in [0.15, 0.2) is 23.9 Å². The first kappa shape index (κ1) is 16.4. The number of rotatable bonds is 4. The number of ketones is 1. The van der Waals surface area contributed by atoms with Crippen molar-refractivity contribution in [3.8, 4) is 0 Å². The summed E-state index contributed by atoms with van der Waals surface area (Å²) in [6, 6.07) is -0.462. The molecule has 2 rings (SSSR count). The fraction of sp³-hybridized carbons (Fsp3) is 0.615. The van der Waals surface area contributed by atoms with Crippen LogP contribution in [0.5, 0.6) is 0 Å². The normalized spacial score (nSPS) is 33.2. The standard InChI is InChI=1S/C13H20NO6P/c1-8(15)9-3-2-4-14(6-9)11-5-10(7-21(18,19)20)12(16)13(11)17/h2-4,10-13,16-17H,5-7H2,1H3,(H2,18,19,20). The van der Waals surface area contributed by atoms with E-state index in [1.165, 1.54) is 6.92 Å². The van der Waals surface area contributed by atoms with E-state index in [-0.39, 0.29) is 12.2 Å². The average molecular weight is 317 g/mol. The minimum absolute atomic E-state index is 0.0656. The third-order valence-corrected chi connectivity index (χ3v) is 4.99. The summed E-state index contributed by atoms with van der Waals surface area (Å²) in [6.07, 6.45) is 2.64. The number of hydrogen-bond donors (Lipinski definition) is 4. The number of aliphatic hydroxyl groups is 2. The molecule has 0 aromatic heterocycles. The second kappa shape index (κ2) is 6.02. The Morgan fingerprint density at radius 2 is 2.05 bits per heavy atom. The second-order valence-electron chi connectivity index (χ2n) is 5.65. The maximum absolute atomic E-state index is 11.4. The SMILES string of the molecule is CC(=O)C1=CC=CN(C2CC(CP(=O)(O)O)C(O)C2O)C1. The lowest BCUT2D eigenvalue weighted by molar-refractivity contribution is -0.113. The van der Waals surface area contributed by atoms with Crippen LogP contribution in [0.3, 0.4) is 0 Å². The maximum Gasteiger partial charge on any atom is 0.325 e. The van der Waals surface area contributed by atoms with Crippen LogP contribution < -0.4 is 0 Å². The second-order valence-corrected chi connectivity index (χ2v) is 7.35. The van der Waals surface area contributed by atoms with Crippen molar-refractivity contribution >= 4 is 13.4 Å². The van der Waals surface area contributed by atoms with E-state index >= 15 is 0 Å². The first-order valence-corrected chi connectivity index (χ1v) is 8.53. The largest absolute Gasteiger partial charge is 0.390 e. The molecule has 0 radical (unpaired) electrons. The molecule has 1 aliphatic heterocycles. The zero-order valence-electron chi connectivity index (χ0n) is 11.7. The van der Waals surface area contributed by atoms with Crippen molar-refractivity contribution in [3.05, 3.63) is 23.9 Å². The van der Waals surface area contributed by atoms with Crippen molar-refractivity contribution in [2.45, 2.75) is 31.6 Å². The van der Waals surface area contributed by atoms with Gasteiger partial charge in [-0.25, -0.2) is 0 Å². The Kier molecular flexibility index (Phi) is 4.70. The fourth-order valence-electron chi connectivity index (χ4n) is 2.94. The lowest BCUT2D eigenvalue weighted by atomic mass is 10.1. The van der Waals surface area contributed by atoms with Gasteiger partial charge in [0.2, 0.25) is 0 Å². The zero-order valence-corrected chi connectivity index (χ0v) is 12.6. The van der Waals surface area contributed by atoms with E-state index in [1.807, 2.05) is 0 Å². The van der Waals surface area contributed by atoms with Gasteiger partial charge in [-0.3, -0.25) is 9.36 Å². The summed E-state index contributed by atoms with van der Waals surface area (Å²) in [7, 11) is -4.25. The van der Waals surface area contributed by atoms with Gasteiger partial charge in [-0.1, -0.05) is 6.08 Å². The van der Waals surface area contributed by atoms with Gasteiger partial charge in [0.15, 0.2) is 5.78 Å². The van der Waals surface area contributed by atoms with Crippen molar-refractivity contribution < 1.29 is 29.4 Å². The number of aliphatic hydroxyl groups excluding tert-OH is 2. The molecule has 4 N–H and O–H groups in total. The van der Waals surface area contributed by atoms with Gasteiger partial charge in [0.1, 0.15) is 6.10 Å². The van der Waals surface area contributed by atoms with Crippen LogP contribution >= 0.6 is 7.60 Å². The lowest BCUT2D eigenvalue weighted by Crippen LogP contribution is -2.42. The first-order chi connectivity index (χ1) is 9.69. The van der Waals surface area contributed by atoms with Crippen molar-refractivity contribution in [3.63, 3.8) is 0 Å². The predicted octanol–water partition coefficient (Wildman–Crippen LogP) is -0.381. The molecule has 0 amide bonds. The molecule has 4 unspecified atom stereocenters. The summed E-state index contributed by atoms with van der Waals surface area (Å²) in [5.74, 6) is -0.727. The van der Waals surface area contributed by atoms with Gasteiger partial charge in [0.25, 0.3) is 0 Å². The Morgan fingerprint density at radius 3 is 2.62 bits per heavy atom. The Hall–Kier alpha value is -0.980. The Balaban J connectivity index is 2.08. The molecule has 1 fully saturated rings. The number of Topliss-reactive ketones (excluding diaryl/α,β-unsaturated/α-hetero) is 1. The van der Waals surface area contributed by atoms with E-state index in [0.717, 1.165) is 0 Å². The van der Waals surface area contributed by atoms with Gasteiger partial charge in [-0.2, -0.15) is 0 Å². The smallest absolute Gasteiger partial charge is 0.325 e. The van der Waals surface area contributed by atoms with Crippen LogP contribution in [0.1, 0.15) is 13.3 Å². The fourth-order valence-corrected chi connectivity index (χ4v) is 3.92. The van der Waals surface area contributed by atoms with E-state index in [1.54, 1.807) is 23.3 Å². The minimum atomic E-state index is -4.25. The summed E-state index contributed by atoms with van der Waals surface area (Å²) in [4.78, 5) is 31.2. The maximum atomic E-state index is 11.4. The molecular formula is C13H20NO6P. The van der Waals surface area contributed by atoms with Crippen LogP contribution in [0.25, 0.3) is 0 Å². The van der Waals surface area contributed by atoms with Crippen molar-refractivity contribution in [2.75, 3.05) is 12.7 Å². The van der Waals surface area contributed by atoms with Crippen LogP contribution in [-0.2, 0) is 9.36 Å². The molecule has 8 heteroatoms. The molecule has 0 spiro atoms. The molecule has 1 saturated carbocycles. The van der Waals surface area contributed by atoms with E-state index in [2.05, 4.69) is 0 Å². The minimum Gasteiger partial charge on any atom is -0.390 e. The van der Waals surface area contributed by atoms with Crippen LogP contribution in [0.2, 0.25) is 0 Å². The first-order valence-electron chi connectivity index (χ1n) is 6.74. The van der Waals surface area contributed by atoms with Gasteiger partial charge < -0.3 is 24.9 Å². The van der Waals surface area contributed by atoms with Gasteiger partial charge >= 0.3 is 7.60 Å². The number of carbonyl (C=O) groups is 1. The van der Waals surface area contributed by atoms with Crippen molar-refractivity contribution in [1.82, 2.24) is 4.90 Å². The highest BCUT2D eigenvalue weighted by molar-refractivity contribution is 7.51. The van der Waals surface area contributed by atoms with Crippen LogP contribution in [0, 0.1) is 5.92 Å². The molecule has 1 aliphatic carbocycles. The number of allylic oxidation sites excluding steroid dienone is 2. The van der Waals surface area contributed by atoms with E-state index < -0.39 is 37.9 Å². The van der Waals surface area contributed by atoms with Crippen LogP contribution in [0.4, 0.5) is 0 Å². The van der Waals surface area contributed by atoms with Crippen molar-refractivity contribution in [1.29, 1.82) is 0 Å². The molecule has 118 valence electrons. The molecule has 2 aliphatic rings. The summed E-state index contributed by atoms with van der Waals surface area (Å²) in [5, 5.41) is 20.1. The van der Waals surface area contributed by atoms with Gasteiger partial charge in [-0.05, 0) is 25.6 Å². The highest BCUT2D eigenvalue weighted by atomic mass is 31.2. The molecule has 0 bridgehead atoms. The molecule has 0 saturated heterocycles. The van der Waals surface area contributed by atoms with E-state index in [9.17, 15) is 19.6 Å². The molecule has 1 heterocycles. The zero-order chi connectivity index (χ0) is 15.8. The Bertz CT molecular complexity index is 525. The summed E-state index contributed by atoms with van der Waals surface area (Å²) < 4.78 is 11.1. The summed E-state index contributed by atoms with van der Waals surface area (Å²) in [5.41, 5.74) is 0.595. The van der Waals surface area contributed by atoms with E-state index in [0.29, 0.717) is 12.1 Å². The monoisotopic (exact) mass is 317 g/mol. The summed E-state index contributed by atoms with van der Waals surface area (Å²) in [6.45, 7) is 1.78. The molecular weight excluding hydrogens is 297 g/mol. The third kappa shape index (κ3) is 3.81. The Labute approximate surface area is 122 Å². The average Bonchev–Trinajstić information content (AvgIpc) is 2.65. The number of hydrogen-bond acceptors (Lipinski definition) is 5. The van der Waals surface area contributed by atoms with Crippen molar-refractivity contribution in [2.24, 2.45) is 5.92 Å². The summed E-state index contributed by atoms with van der Waals surface area (Å²) >= 11 is 0. The lowest BCUT2D eigenvalue weighted by Gasteiger charge is -2.32. The molecule has 4 atom stereocenters. The Morgan fingerprint density at radius 1 is 1.38 bits per heavy atom. The number of nitrogens with zero attached hydrogens (tertiary/aromatic N) is 1. The quantitative estimate of drug-likeness (QED) is 0.522. The topological polar surface area (TPSA) is 118 Å². The highest BCUT2D eigenvalue weighted by Crippen LogP contribution is 2.43. The number of carbonyl (C=O) groups excluding carboxylic acids is 1. The molecule has 0 aromatic carbocycles. The van der Waals surface area contributed by atoms with Gasteiger partial charge in [0, 0.05) is 18.0 Å². The van der Waals surface area contributed by atoms with Gasteiger partial charge in [0.05, 0.1) is 18.3 Å². The van der Waals surface area contributed by atoms with E-state index in [4.69, 9.17) is 9.79 Å². The van der Waals surface area contributed by atoms with Gasteiger partial charge in [-0.15, -0.1) is 0 Å². The third-order valence-electron chi connectivity index (χ3n) is 4.05.